The summed E-state index contributed by atoms with van der Waals surface area (Å²) in [6.45, 7) is 2.39. The van der Waals surface area contributed by atoms with Crippen LogP contribution in [-0.4, -0.2) is 12.1 Å². The lowest BCUT2D eigenvalue weighted by molar-refractivity contribution is 0.130. The van der Waals surface area contributed by atoms with E-state index in [1.807, 2.05) is 48.5 Å². The molecule has 1 amide bonds. The molecular formula is C22H23N3O2. The van der Waals surface area contributed by atoms with E-state index in [4.69, 9.17) is 4.74 Å². The highest BCUT2D eigenvalue weighted by Gasteiger charge is 2.42. The molecular weight excluding hydrogens is 338 g/mol. The Bertz CT molecular complexity index is 871. The number of carbonyl (C=O) groups is 1. The fourth-order valence-corrected chi connectivity index (χ4v) is 3.93. The van der Waals surface area contributed by atoms with Crippen LogP contribution in [0.2, 0.25) is 0 Å². The smallest absolute Gasteiger partial charge is 0.407 e. The molecule has 2 aromatic rings. The molecule has 4 rings (SSSR count). The molecule has 5 nitrogen and oxygen atoms in total. The number of nitrogens with zero attached hydrogens (tertiary/aromatic N) is 1. The van der Waals surface area contributed by atoms with Crippen molar-refractivity contribution in [2.24, 2.45) is 11.8 Å². The van der Waals surface area contributed by atoms with E-state index in [1.54, 1.807) is 0 Å². The lowest BCUT2D eigenvalue weighted by Crippen LogP contribution is -2.45. The van der Waals surface area contributed by atoms with Crippen molar-refractivity contribution in [2.45, 2.75) is 38.5 Å². The average molecular weight is 361 g/mol. The lowest BCUT2D eigenvalue weighted by Gasteiger charge is -2.39. The summed E-state index contributed by atoms with van der Waals surface area (Å²) < 4.78 is 5.43. The highest BCUT2D eigenvalue weighted by molar-refractivity contribution is 5.70. The minimum absolute atomic E-state index is 0.177. The predicted octanol–water partition coefficient (Wildman–Crippen LogP) is 4.37. The van der Waals surface area contributed by atoms with Gasteiger partial charge in [0.15, 0.2) is 0 Å². The SMILES string of the molecule is CC1C(NC(=O)OCc2ccccc2)c2cc(C#N)ccc2NC1C1CC1. The largest absolute Gasteiger partial charge is 0.445 e. The molecule has 1 saturated carbocycles. The molecule has 1 heterocycles. The molecule has 27 heavy (non-hydrogen) atoms. The van der Waals surface area contributed by atoms with Gasteiger partial charge >= 0.3 is 6.09 Å². The molecule has 2 aromatic carbocycles. The second kappa shape index (κ2) is 7.32. The van der Waals surface area contributed by atoms with E-state index in [0.29, 0.717) is 17.5 Å². The molecule has 3 atom stereocenters. The first kappa shape index (κ1) is 17.4. The van der Waals surface area contributed by atoms with Gasteiger partial charge in [-0.25, -0.2) is 4.79 Å². The Kier molecular flexibility index (Phi) is 4.72. The average Bonchev–Trinajstić information content (AvgIpc) is 3.54. The van der Waals surface area contributed by atoms with Crippen LogP contribution in [0.25, 0.3) is 0 Å². The second-order valence-corrected chi connectivity index (χ2v) is 7.46. The number of anilines is 1. The van der Waals surface area contributed by atoms with Crippen molar-refractivity contribution >= 4 is 11.8 Å². The predicted molar refractivity (Wildman–Crippen MR) is 103 cm³/mol. The Morgan fingerprint density at radius 3 is 2.74 bits per heavy atom. The van der Waals surface area contributed by atoms with Crippen LogP contribution < -0.4 is 10.6 Å². The van der Waals surface area contributed by atoms with Crippen LogP contribution in [0.4, 0.5) is 10.5 Å². The van der Waals surface area contributed by atoms with E-state index >= 15 is 0 Å². The first-order valence-electron chi connectivity index (χ1n) is 9.43. The summed E-state index contributed by atoms with van der Waals surface area (Å²) >= 11 is 0. The molecule has 2 aliphatic rings. The number of ether oxygens (including phenoxy) is 1. The topological polar surface area (TPSA) is 74.1 Å². The molecule has 0 aromatic heterocycles. The number of nitrogens with one attached hydrogen (secondary N) is 2. The Labute approximate surface area is 159 Å². The number of fused-ring (bicyclic) bond motifs is 1. The van der Waals surface area contributed by atoms with E-state index in [2.05, 4.69) is 23.6 Å². The van der Waals surface area contributed by atoms with Crippen molar-refractivity contribution in [1.29, 1.82) is 5.26 Å². The number of benzene rings is 2. The summed E-state index contributed by atoms with van der Waals surface area (Å²) in [4.78, 5) is 12.5. The lowest BCUT2D eigenvalue weighted by atomic mass is 9.81. The molecule has 138 valence electrons. The standard InChI is InChI=1S/C22H23N3O2/c1-14-20(17-8-9-17)24-19-10-7-16(12-23)11-18(19)21(14)25-22(26)27-13-15-5-3-2-4-6-15/h2-7,10-11,14,17,20-21,24H,8-9,13H2,1H3,(H,25,26). The molecule has 1 fully saturated rings. The number of nitriles is 1. The van der Waals surface area contributed by atoms with Crippen molar-refractivity contribution in [3.8, 4) is 6.07 Å². The number of alkyl carbamates (subject to hydrolysis) is 1. The highest BCUT2D eigenvalue weighted by Crippen LogP contribution is 2.45. The van der Waals surface area contributed by atoms with E-state index in [0.717, 1.165) is 16.8 Å². The molecule has 0 radical (unpaired) electrons. The zero-order chi connectivity index (χ0) is 18.8. The first-order valence-corrected chi connectivity index (χ1v) is 9.43. The maximum absolute atomic E-state index is 12.5. The van der Waals surface area contributed by atoms with Crippen molar-refractivity contribution in [3.63, 3.8) is 0 Å². The number of hydrogen-bond donors (Lipinski definition) is 2. The number of amides is 1. The van der Waals surface area contributed by atoms with E-state index in [1.165, 1.54) is 12.8 Å². The van der Waals surface area contributed by atoms with Crippen molar-refractivity contribution in [2.75, 3.05) is 5.32 Å². The minimum Gasteiger partial charge on any atom is -0.445 e. The summed E-state index contributed by atoms with van der Waals surface area (Å²) in [5.41, 5.74) is 3.50. The van der Waals surface area contributed by atoms with Gasteiger partial charge in [0, 0.05) is 17.6 Å². The fraction of sp³-hybridized carbons (Fsp3) is 0.364. The minimum atomic E-state index is -0.430. The van der Waals surface area contributed by atoms with Gasteiger partial charge in [-0.05, 0) is 48.1 Å². The highest BCUT2D eigenvalue weighted by atomic mass is 16.5. The third-order valence-corrected chi connectivity index (χ3v) is 5.55. The van der Waals surface area contributed by atoms with Crippen LogP contribution in [0, 0.1) is 23.2 Å². The zero-order valence-corrected chi connectivity index (χ0v) is 15.3. The molecule has 2 N–H and O–H groups in total. The van der Waals surface area contributed by atoms with Gasteiger partial charge in [-0.15, -0.1) is 0 Å². The van der Waals surface area contributed by atoms with E-state index in [-0.39, 0.29) is 18.6 Å². The van der Waals surface area contributed by atoms with Gasteiger partial charge in [-0.1, -0.05) is 37.3 Å². The Balaban J connectivity index is 1.52. The molecule has 3 unspecified atom stereocenters. The van der Waals surface area contributed by atoms with Gasteiger partial charge in [0.2, 0.25) is 0 Å². The van der Waals surface area contributed by atoms with Gasteiger partial charge in [-0.3, -0.25) is 0 Å². The van der Waals surface area contributed by atoms with E-state index in [9.17, 15) is 10.1 Å². The molecule has 0 spiro atoms. The monoisotopic (exact) mass is 361 g/mol. The summed E-state index contributed by atoms with van der Waals surface area (Å²) in [7, 11) is 0. The Morgan fingerprint density at radius 2 is 2.04 bits per heavy atom. The van der Waals surface area contributed by atoms with Gasteiger partial charge in [0.25, 0.3) is 0 Å². The number of carbonyl (C=O) groups excluding carboxylic acids is 1. The third kappa shape index (κ3) is 3.75. The molecule has 1 aliphatic carbocycles. The van der Waals surface area contributed by atoms with Crippen LogP contribution in [0.1, 0.15) is 42.5 Å². The van der Waals surface area contributed by atoms with E-state index < -0.39 is 6.09 Å². The summed E-state index contributed by atoms with van der Waals surface area (Å²) in [6.07, 6.45) is 2.01. The molecule has 0 bridgehead atoms. The summed E-state index contributed by atoms with van der Waals surface area (Å²) in [6, 6.07) is 17.6. The zero-order valence-electron chi connectivity index (χ0n) is 15.3. The number of hydrogen-bond acceptors (Lipinski definition) is 4. The van der Waals surface area contributed by atoms with Crippen LogP contribution in [0.5, 0.6) is 0 Å². The van der Waals surface area contributed by atoms with Crippen LogP contribution >= 0.6 is 0 Å². The molecule has 1 aliphatic heterocycles. The fourth-order valence-electron chi connectivity index (χ4n) is 3.93. The van der Waals surface area contributed by atoms with Gasteiger partial charge in [0.05, 0.1) is 17.7 Å². The Hall–Kier alpha value is -3.00. The molecule has 0 saturated heterocycles. The third-order valence-electron chi connectivity index (χ3n) is 5.55. The number of rotatable bonds is 4. The van der Waals surface area contributed by atoms with Gasteiger partial charge in [-0.2, -0.15) is 5.26 Å². The first-order chi connectivity index (χ1) is 13.2. The van der Waals surface area contributed by atoms with Gasteiger partial charge in [0.1, 0.15) is 6.61 Å². The molecule has 5 heteroatoms. The van der Waals surface area contributed by atoms with Crippen molar-refractivity contribution < 1.29 is 9.53 Å². The van der Waals surface area contributed by atoms with Crippen LogP contribution in [0.3, 0.4) is 0 Å². The maximum atomic E-state index is 12.5. The van der Waals surface area contributed by atoms with Crippen LogP contribution in [-0.2, 0) is 11.3 Å². The normalized spacial score (nSPS) is 23.5. The Morgan fingerprint density at radius 1 is 1.26 bits per heavy atom. The van der Waals surface area contributed by atoms with Crippen LogP contribution in [0.15, 0.2) is 48.5 Å². The summed E-state index contributed by atoms with van der Waals surface area (Å²) in [5, 5.41) is 15.9. The summed E-state index contributed by atoms with van der Waals surface area (Å²) in [5.74, 6) is 0.858. The van der Waals surface area contributed by atoms with Crippen molar-refractivity contribution in [3.05, 3.63) is 65.2 Å². The quantitative estimate of drug-likeness (QED) is 0.848. The van der Waals surface area contributed by atoms with Gasteiger partial charge < -0.3 is 15.4 Å². The van der Waals surface area contributed by atoms with Crippen molar-refractivity contribution in [1.82, 2.24) is 5.32 Å². The maximum Gasteiger partial charge on any atom is 0.407 e. The second-order valence-electron chi connectivity index (χ2n) is 7.46.